The van der Waals surface area contributed by atoms with E-state index in [0.717, 1.165) is 44.5 Å². The van der Waals surface area contributed by atoms with Crippen LogP contribution in [-0.4, -0.2) is 37.1 Å². The van der Waals surface area contributed by atoms with Crippen LogP contribution in [0, 0.1) is 11.7 Å². The fourth-order valence-electron chi connectivity index (χ4n) is 4.89. The van der Waals surface area contributed by atoms with Gasteiger partial charge in [0.25, 0.3) is 0 Å². The molecular formula is C20H30Cl2FN3O. The van der Waals surface area contributed by atoms with E-state index in [1.54, 1.807) is 12.1 Å². The van der Waals surface area contributed by atoms with E-state index < -0.39 is 0 Å². The molecule has 3 atom stereocenters. The number of amides is 1. The summed E-state index contributed by atoms with van der Waals surface area (Å²) in [6.45, 7) is 1.69. The third-order valence-corrected chi connectivity index (χ3v) is 6.00. The third-order valence-electron chi connectivity index (χ3n) is 6.00. The van der Waals surface area contributed by atoms with Crippen LogP contribution in [0.15, 0.2) is 24.3 Å². The maximum atomic E-state index is 13.5. The maximum Gasteiger partial charge on any atom is 0.220 e. The number of anilines is 1. The van der Waals surface area contributed by atoms with Crippen molar-refractivity contribution in [3.05, 3.63) is 30.1 Å². The Hall–Kier alpha value is -1.04. The van der Waals surface area contributed by atoms with Crippen LogP contribution in [0.5, 0.6) is 0 Å². The predicted octanol–water partition coefficient (Wildman–Crippen LogP) is 3.68. The number of benzene rings is 1. The highest BCUT2D eigenvalue weighted by Crippen LogP contribution is 2.32. The van der Waals surface area contributed by atoms with Gasteiger partial charge in [0.1, 0.15) is 5.82 Å². The smallest absolute Gasteiger partial charge is 0.220 e. The summed E-state index contributed by atoms with van der Waals surface area (Å²) in [6, 6.07) is 8.18. The topological polar surface area (TPSA) is 44.4 Å². The van der Waals surface area contributed by atoms with E-state index in [1.807, 2.05) is 6.07 Å². The summed E-state index contributed by atoms with van der Waals surface area (Å²) in [4.78, 5) is 14.7. The average molecular weight is 418 g/mol. The molecule has 1 aromatic carbocycles. The number of halogens is 3. The number of hydrogen-bond donors (Lipinski definition) is 2. The Morgan fingerprint density at radius 3 is 2.63 bits per heavy atom. The first-order valence-corrected chi connectivity index (χ1v) is 9.71. The summed E-state index contributed by atoms with van der Waals surface area (Å²) in [6.07, 6.45) is 7.52. The van der Waals surface area contributed by atoms with Crippen LogP contribution in [0.3, 0.4) is 0 Å². The Labute approximate surface area is 173 Å². The highest BCUT2D eigenvalue weighted by molar-refractivity contribution is 5.85. The van der Waals surface area contributed by atoms with E-state index >= 15 is 0 Å². The number of nitrogens with zero attached hydrogens (tertiary/aromatic N) is 1. The number of fused-ring (bicyclic) bond motifs is 2. The van der Waals surface area contributed by atoms with Crippen molar-refractivity contribution in [3.63, 3.8) is 0 Å². The fourth-order valence-corrected chi connectivity index (χ4v) is 4.89. The summed E-state index contributed by atoms with van der Waals surface area (Å²) >= 11 is 0. The molecule has 1 amide bonds. The Kier molecular flexibility index (Phi) is 8.20. The molecule has 3 fully saturated rings. The monoisotopic (exact) mass is 417 g/mol. The average Bonchev–Trinajstić information content (AvgIpc) is 2.93. The normalized spacial score (nSPS) is 29.4. The van der Waals surface area contributed by atoms with Gasteiger partial charge in [0.15, 0.2) is 0 Å². The number of carbonyl (C=O) groups is 1. The summed E-state index contributed by atoms with van der Waals surface area (Å²) in [5.74, 6) is 0.517. The molecular weight excluding hydrogens is 388 g/mol. The molecule has 27 heavy (non-hydrogen) atoms. The minimum Gasteiger partial charge on any atom is -0.369 e. The Balaban J connectivity index is 0.00000131. The molecule has 0 aromatic heterocycles. The van der Waals surface area contributed by atoms with Gasteiger partial charge in [-0.25, -0.2) is 4.39 Å². The molecule has 3 heterocycles. The van der Waals surface area contributed by atoms with Crippen molar-refractivity contribution in [1.29, 1.82) is 0 Å². The van der Waals surface area contributed by atoms with Crippen LogP contribution in [0.1, 0.15) is 44.9 Å². The quantitative estimate of drug-likeness (QED) is 0.784. The number of nitrogens with one attached hydrogen (secondary N) is 2. The molecule has 3 aliphatic heterocycles. The number of carbonyl (C=O) groups excluding carboxylic acids is 1. The first-order chi connectivity index (χ1) is 12.2. The maximum absolute atomic E-state index is 13.5. The van der Waals surface area contributed by atoms with E-state index in [9.17, 15) is 9.18 Å². The van der Waals surface area contributed by atoms with Crippen molar-refractivity contribution in [2.45, 2.75) is 63.1 Å². The molecule has 0 saturated carbocycles. The summed E-state index contributed by atoms with van der Waals surface area (Å²) < 4.78 is 13.5. The van der Waals surface area contributed by atoms with Crippen LogP contribution in [0.4, 0.5) is 10.1 Å². The van der Waals surface area contributed by atoms with Gasteiger partial charge in [0.2, 0.25) is 5.91 Å². The van der Waals surface area contributed by atoms with Crippen LogP contribution < -0.4 is 15.5 Å². The van der Waals surface area contributed by atoms with Gasteiger partial charge in [-0.05, 0) is 62.6 Å². The number of hydrogen-bond acceptors (Lipinski definition) is 3. The molecule has 4 rings (SSSR count). The van der Waals surface area contributed by atoms with E-state index in [1.165, 1.54) is 18.9 Å². The second-order valence-electron chi connectivity index (χ2n) is 8.01. The second-order valence-corrected chi connectivity index (χ2v) is 8.01. The molecule has 7 heteroatoms. The molecule has 2 N–H and O–H groups in total. The van der Waals surface area contributed by atoms with Gasteiger partial charge >= 0.3 is 0 Å². The standard InChI is InChI=1S/C20H28FN3O.2ClH/c21-15-3-1-5-19(12-15)24-8-2-4-18(13-24)23-20(25)11-14-9-16-6-7-17(10-14)22-16;;/h1,3,5,12,14,16-18,22H,2,4,6-11,13H2,(H,23,25);2*1H. The number of rotatable bonds is 4. The Morgan fingerprint density at radius 2 is 1.93 bits per heavy atom. The molecule has 0 radical (unpaired) electrons. The summed E-state index contributed by atoms with van der Waals surface area (Å²) in [5, 5.41) is 6.87. The van der Waals surface area contributed by atoms with Gasteiger partial charge in [-0.1, -0.05) is 6.07 Å². The molecule has 3 unspecified atom stereocenters. The third kappa shape index (κ3) is 5.72. The van der Waals surface area contributed by atoms with Gasteiger partial charge < -0.3 is 15.5 Å². The zero-order chi connectivity index (χ0) is 17.2. The van der Waals surface area contributed by atoms with Crippen LogP contribution >= 0.6 is 24.8 Å². The lowest BCUT2D eigenvalue weighted by molar-refractivity contribution is -0.123. The fraction of sp³-hybridized carbons (Fsp3) is 0.650. The molecule has 0 aliphatic carbocycles. The first kappa shape index (κ1) is 22.3. The Morgan fingerprint density at radius 1 is 1.19 bits per heavy atom. The molecule has 0 spiro atoms. The van der Waals surface area contributed by atoms with Crippen molar-refractivity contribution >= 4 is 36.4 Å². The largest absolute Gasteiger partial charge is 0.369 e. The summed E-state index contributed by atoms with van der Waals surface area (Å²) in [5.41, 5.74) is 0.911. The van der Waals surface area contributed by atoms with Crippen molar-refractivity contribution in [3.8, 4) is 0 Å². The van der Waals surface area contributed by atoms with Crippen molar-refractivity contribution in [2.75, 3.05) is 18.0 Å². The van der Waals surface area contributed by atoms with E-state index in [-0.39, 0.29) is 42.6 Å². The van der Waals surface area contributed by atoms with Gasteiger partial charge in [0.05, 0.1) is 0 Å². The molecule has 4 nitrogen and oxygen atoms in total. The van der Waals surface area contributed by atoms with Crippen molar-refractivity contribution in [1.82, 2.24) is 10.6 Å². The van der Waals surface area contributed by atoms with Gasteiger partial charge in [-0.3, -0.25) is 4.79 Å². The van der Waals surface area contributed by atoms with Gasteiger partial charge in [-0.2, -0.15) is 0 Å². The van der Waals surface area contributed by atoms with Gasteiger partial charge in [-0.15, -0.1) is 24.8 Å². The summed E-state index contributed by atoms with van der Waals surface area (Å²) in [7, 11) is 0. The molecule has 3 aliphatic rings. The highest BCUT2D eigenvalue weighted by Gasteiger charge is 2.34. The second kappa shape index (κ2) is 9.94. The predicted molar refractivity (Wildman–Crippen MR) is 112 cm³/mol. The molecule has 3 saturated heterocycles. The molecule has 152 valence electrons. The van der Waals surface area contributed by atoms with E-state index in [4.69, 9.17) is 0 Å². The zero-order valence-electron chi connectivity index (χ0n) is 15.5. The van der Waals surface area contributed by atoms with Crippen LogP contribution in [-0.2, 0) is 4.79 Å². The Bertz CT molecular complexity index is 621. The van der Waals surface area contributed by atoms with E-state index in [2.05, 4.69) is 15.5 Å². The van der Waals surface area contributed by atoms with Gasteiger partial charge in [0, 0.05) is 43.3 Å². The minimum absolute atomic E-state index is 0. The SMILES string of the molecule is Cl.Cl.O=C(CC1CC2CCC(C1)N2)NC1CCCN(c2cccc(F)c2)C1. The molecule has 2 bridgehead atoms. The van der Waals surface area contributed by atoms with Crippen LogP contribution in [0.25, 0.3) is 0 Å². The van der Waals surface area contributed by atoms with E-state index in [0.29, 0.717) is 24.4 Å². The van der Waals surface area contributed by atoms with Crippen molar-refractivity contribution in [2.24, 2.45) is 5.92 Å². The minimum atomic E-state index is -0.204. The highest BCUT2D eigenvalue weighted by atomic mass is 35.5. The molecule has 1 aromatic rings. The van der Waals surface area contributed by atoms with Crippen molar-refractivity contribution < 1.29 is 9.18 Å². The first-order valence-electron chi connectivity index (χ1n) is 9.71. The van der Waals surface area contributed by atoms with Crippen LogP contribution in [0.2, 0.25) is 0 Å². The zero-order valence-corrected chi connectivity index (χ0v) is 17.2. The number of piperidine rings is 2. The lowest BCUT2D eigenvalue weighted by Gasteiger charge is -2.35. The lowest BCUT2D eigenvalue weighted by Crippen LogP contribution is -2.48. The lowest BCUT2D eigenvalue weighted by atomic mass is 9.89.